The average molecular weight is 347 g/mol. The Balaban J connectivity index is 2.07. The number of ether oxygens (including phenoxy) is 1. The van der Waals surface area contributed by atoms with Gasteiger partial charge >= 0.3 is 5.97 Å². The number of nitrogens with one attached hydrogen (secondary N) is 2. The molecule has 1 heterocycles. The molecule has 2 aromatic rings. The van der Waals surface area contributed by atoms with Crippen LogP contribution in [0.25, 0.3) is 0 Å². The predicted octanol–water partition coefficient (Wildman–Crippen LogP) is 3.55. The van der Waals surface area contributed by atoms with Crippen molar-refractivity contribution in [2.24, 2.45) is 0 Å². The van der Waals surface area contributed by atoms with E-state index in [2.05, 4.69) is 31.3 Å². The van der Waals surface area contributed by atoms with Gasteiger partial charge in [-0.3, -0.25) is 4.79 Å². The first-order valence-electron chi connectivity index (χ1n) is 6.19. The van der Waals surface area contributed by atoms with Crippen LogP contribution in [0.5, 0.6) is 0 Å². The number of halogens is 1. The fourth-order valence-corrected chi connectivity index (χ4v) is 2.51. The van der Waals surface area contributed by atoms with Crippen molar-refractivity contribution < 1.29 is 14.3 Å². The normalized spacial score (nSPS) is 12.4. The van der Waals surface area contributed by atoms with Crippen LogP contribution in [0.15, 0.2) is 40.9 Å². The SMILES string of the molecule is COC(=O)c1ccc2c(c1)NC(=O)c1cc(Br)ccc1N2. The summed E-state index contributed by atoms with van der Waals surface area (Å²) in [6, 6.07) is 10.4. The smallest absolute Gasteiger partial charge is 0.337 e. The molecule has 1 aliphatic heterocycles. The number of benzene rings is 2. The van der Waals surface area contributed by atoms with E-state index >= 15 is 0 Å². The number of fused-ring (bicyclic) bond motifs is 2. The molecule has 5 nitrogen and oxygen atoms in total. The van der Waals surface area contributed by atoms with Gasteiger partial charge in [-0.1, -0.05) is 15.9 Å². The zero-order valence-electron chi connectivity index (χ0n) is 11.1. The number of anilines is 3. The molecule has 0 atom stereocenters. The van der Waals surface area contributed by atoms with Gasteiger partial charge in [0.15, 0.2) is 0 Å². The molecule has 1 aliphatic rings. The molecule has 3 rings (SSSR count). The van der Waals surface area contributed by atoms with Crippen molar-refractivity contribution in [1.29, 1.82) is 0 Å². The molecule has 2 N–H and O–H groups in total. The molecule has 0 saturated heterocycles. The van der Waals surface area contributed by atoms with Gasteiger partial charge in [-0.25, -0.2) is 4.79 Å². The first kappa shape index (κ1) is 13.6. The Morgan fingerprint density at radius 3 is 2.57 bits per heavy atom. The average Bonchev–Trinajstić information content (AvgIpc) is 2.62. The van der Waals surface area contributed by atoms with Gasteiger partial charge in [0.25, 0.3) is 5.91 Å². The first-order chi connectivity index (χ1) is 10.1. The lowest BCUT2D eigenvalue weighted by Crippen LogP contribution is -2.11. The Morgan fingerprint density at radius 2 is 1.81 bits per heavy atom. The molecule has 0 unspecified atom stereocenters. The van der Waals surface area contributed by atoms with Crippen molar-refractivity contribution in [2.45, 2.75) is 0 Å². The maximum Gasteiger partial charge on any atom is 0.337 e. The largest absolute Gasteiger partial charge is 0.465 e. The molecular formula is C15H11BrN2O3. The van der Waals surface area contributed by atoms with Crippen LogP contribution in [-0.4, -0.2) is 19.0 Å². The molecule has 2 aromatic carbocycles. The van der Waals surface area contributed by atoms with Crippen LogP contribution >= 0.6 is 15.9 Å². The summed E-state index contributed by atoms with van der Waals surface area (Å²) in [5, 5.41) is 5.98. The summed E-state index contributed by atoms with van der Waals surface area (Å²) < 4.78 is 5.50. The third-order valence-electron chi connectivity index (χ3n) is 3.18. The van der Waals surface area contributed by atoms with Crippen molar-refractivity contribution in [2.75, 3.05) is 17.7 Å². The molecule has 6 heteroatoms. The standard InChI is InChI=1S/C15H11BrN2O3/c1-21-15(20)8-2-4-12-13(6-8)18-14(19)10-7-9(16)3-5-11(10)17-12/h2-7,17H,1H3,(H,18,19). The minimum atomic E-state index is -0.448. The summed E-state index contributed by atoms with van der Waals surface area (Å²) in [6.45, 7) is 0. The molecule has 1 amide bonds. The fraction of sp³-hybridized carbons (Fsp3) is 0.0667. The van der Waals surface area contributed by atoms with Crippen LogP contribution in [0.4, 0.5) is 17.1 Å². The lowest BCUT2D eigenvalue weighted by Gasteiger charge is -2.09. The van der Waals surface area contributed by atoms with Crippen molar-refractivity contribution in [3.63, 3.8) is 0 Å². The number of esters is 1. The van der Waals surface area contributed by atoms with E-state index < -0.39 is 5.97 Å². The Labute approximate surface area is 129 Å². The van der Waals surface area contributed by atoms with E-state index in [4.69, 9.17) is 0 Å². The monoisotopic (exact) mass is 346 g/mol. The Bertz CT molecular complexity index is 759. The maximum atomic E-state index is 12.3. The number of hydrogen-bond donors (Lipinski definition) is 2. The second kappa shape index (κ2) is 5.21. The Hall–Kier alpha value is -2.34. The number of hydrogen-bond acceptors (Lipinski definition) is 4. The van der Waals surface area contributed by atoms with E-state index in [-0.39, 0.29) is 5.91 Å². The molecular weight excluding hydrogens is 336 g/mol. The number of rotatable bonds is 1. The van der Waals surface area contributed by atoms with E-state index in [0.717, 1.165) is 10.2 Å². The highest BCUT2D eigenvalue weighted by Gasteiger charge is 2.20. The minimum Gasteiger partial charge on any atom is -0.465 e. The second-order valence-electron chi connectivity index (χ2n) is 4.52. The van der Waals surface area contributed by atoms with Crippen LogP contribution in [0, 0.1) is 0 Å². The van der Waals surface area contributed by atoms with Crippen LogP contribution < -0.4 is 10.6 Å². The second-order valence-corrected chi connectivity index (χ2v) is 5.44. The van der Waals surface area contributed by atoms with Gasteiger partial charge in [-0.2, -0.15) is 0 Å². The van der Waals surface area contributed by atoms with Crippen LogP contribution in [-0.2, 0) is 4.74 Å². The Morgan fingerprint density at radius 1 is 1.05 bits per heavy atom. The Kier molecular flexibility index (Phi) is 3.39. The first-order valence-corrected chi connectivity index (χ1v) is 6.98. The number of methoxy groups -OCH3 is 1. The van der Waals surface area contributed by atoms with E-state index in [0.29, 0.717) is 22.5 Å². The van der Waals surface area contributed by atoms with Crippen molar-refractivity contribution in [3.8, 4) is 0 Å². The minimum absolute atomic E-state index is 0.237. The van der Waals surface area contributed by atoms with Gasteiger partial charge in [0.2, 0.25) is 0 Å². The predicted molar refractivity (Wildman–Crippen MR) is 83.2 cm³/mol. The summed E-state index contributed by atoms with van der Waals surface area (Å²) in [5.74, 6) is -0.684. The van der Waals surface area contributed by atoms with Crippen molar-refractivity contribution in [3.05, 3.63) is 52.0 Å². The van der Waals surface area contributed by atoms with E-state index in [9.17, 15) is 9.59 Å². The zero-order chi connectivity index (χ0) is 15.0. The highest BCUT2D eigenvalue weighted by molar-refractivity contribution is 9.10. The molecule has 0 fully saturated rings. The summed E-state index contributed by atoms with van der Waals surface area (Å²) >= 11 is 3.35. The van der Waals surface area contributed by atoms with Crippen LogP contribution in [0.2, 0.25) is 0 Å². The third-order valence-corrected chi connectivity index (χ3v) is 3.68. The van der Waals surface area contributed by atoms with Crippen LogP contribution in [0.3, 0.4) is 0 Å². The molecule has 0 aliphatic carbocycles. The summed E-state index contributed by atoms with van der Waals surface area (Å²) in [4.78, 5) is 23.9. The maximum absolute atomic E-state index is 12.3. The van der Waals surface area contributed by atoms with Crippen molar-refractivity contribution in [1.82, 2.24) is 0 Å². The van der Waals surface area contributed by atoms with Crippen LogP contribution in [0.1, 0.15) is 20.7 Å². The zero-order valence-corrected chi connectivity index (χ0v) is 12.7. The summed E-state index contributed by atoms with van der Waals surface area (Å²) in [7, 11) is 1.32. The number of amides is 1. The molecule has 0 aromatic heterocycles. The molecule has 0 bridgehead atoms. The molecule has 106 valence electrons. The van der Waals surface area contributed by atoms with Gasteiger partial charge in [0, 0.05) is 4.47 Å². The van der Waals surface area contributed by atoms with Gasteiger partial charge in [0.05, 0.1) is 35.3 Å². The lowest BCUT2D eigenvalue weighted by molar-refractivity contribution is 0.0600. The molecule has 0 spiro atoms. The molecule has 0 radical (unpaired) electrons. The van der Waals surface area contributed by atoms with Gasteiger partial charge in [0.1, 0.15) is 0 Å². The fourth-order valence-electron chi connectivity index (χ4n) is 2.15. The van der Waals surface area contributed by atoms with E-state index in [1.807, 2.05) is 12.1 Å². The summed E-state index contributed by atoms with van der Waals surface area (Å²) in [5.41, 5.74) is 2.87. The topological polar surface area (TPSA) is 67.4 Å². The van der Waals surface area contributed by atoms with Gasteiger partial charge in [-0.15, -0.1) is 0 Å². The van der Waals surface area contributed by atoms with Gasteiger partial charge < -0.3 is 15.4 Å². The van der Waals surface area contributed by atoms with Gasteiger partial charge in [-0.05, 0) is 36.4 Å². The third kappa shape index (κ3) is 2.50. The van der Waals surface area contributed by atoms with E-state index in [1.54, 1.807) is 24.3 Å². The van der Waals surface area contributed by atoms with E-state index in [1.165, 1.54) is 7.11 Å². The quantitative estimate of drug-likeness (QED) is 0.775. The summed E-state index contributed by atoms with van der Waals surface area (Å²) in [6.07, 6.45) is 0. The van der Waals surface area contributed by atoms with Crippen molar-refractivity contribution >= 4 is 44.9 Å². The highest BCUT2D eigenvalue weighted by atomic mass is 79.9. The molecule has 0 saturated carbocycles. The number of carbonyl (C=O) groups is 2. The highest BCUT2D eigenvalue weighted by Crippen LogP contribution is 2.33. The molecule has 21 heavy (non-hydrogen) atoms. The number of carbonyl (C=O) groups excluding carboxylic acids is 2. The lowest BCUT2D eigenvalue weighted by atomic mass is 10.1.